The molecular weight excluding hydrogens is 329 g/mol. The number of carbonyl (C=O) groups is 3. The van der Waals surface area contributed by atoms with Crippen LogP contribution in [-0.4, -0.2) is 53.1 Å². The van der Waals surface area contributed by atoms with Crippen LogP contribution in [0.3, 0.4) is 0 Å². The lowest BCUT2D eigenvalue weighted by Gasteiger charge is -2.30. The number of amides is 2. The molecule has 2 rings (SSSR count). The third kappa shape index (κ3) is 3.34. The zero-order valence-corrected chi connectivity index (χ0v) is 13.4. The fourth-order valence-corrected chi connectivity index (χ4v) is 3.61. The Kier molecular flexibility index (Phi) is 5.10. The van der Waals surface area contributed by atoms with E-state index >= 15 is 0 Å². The number of nitrogens with one attached hydrogen (secondary N) is 1. The molecule has 0 aromatic carbocycles. The molecule has 2 aliphatic rings. The average Bonchev–Trinajstić information content (AvgIpc) is 3.12. The molecule has 0 radical (unpaired) electrons. The Morgan fingerprint density at radius 3 is 2.25 bits per heavy atom. The number of carboxylic acids is 1. The van der Waals surface area contributed by atoms with Crippen LogP contribution >= 0.6 is 0 Å². The summed E-state index contributed by atoms with van der Waals surface area (Å²) < 4.78 is 39.7. The van der Waals surface area contributed by atoms with Crippen LogP contribution in [0.25, 0.3) is 0 Å². The van der Waals surface area contributed by atoms with Crippen molar-refractivity contribution in [2.24, 2.45) is 11.3 Å². The molecule has 0 spiro atoms. The fourth-order valence-electron chi connectivity index (χ4n) is 3.61. The Morgan fingerprint density at radius 2 is 1.83 bits per heavy atom. The number of carbonyl (C=O) groups excluding carboxylic acids is 2. The second-order valence-electron chi connectivity index (χ2n) is 6.62. The smallest absolute Gasteiger partial charge is 0.406 e. The number of carboxylic acid groups (broad SMARTS) is 1. The van der Waals surface area contributed by atoms with Gasteiger partial charge >= 0.3 is 12.1 Å². The van der Waals surface area contributed by atoms with E-state index in [0.29, 0.717) is 12.8 Å². The summed E-state index contributed by atoms with van der Waals surface area (Å²) in [6.45, 7) is 0.0530. The minimum absolute atomic E-state index is 0.118. The molecule has 0 bridgehead atoms. The summed E-state index contributed by atoms with van der Waals surface area (Å²) in [7, 11) is 0. The third-order valence-electron chi connectivity index (χ3n) is 5.03. The molecule has 2 fully saturated rings. The number of aliphatic carboxylic acids is 1. The van der Waals surface area contributed by atoms with Crippen LogP contribution in [0.15, 0.2) is 0 Å². The van der Waals surface area contributed by atoms with E-state index in [4.69, 9.17) is 5.11 Å². The topological polar surface area (TPSA) is 86.7 Å². The van der Waals surface area contributed by atoms with Crippen LogP contribution in [0, 0.1) is 11.3 Å². The molecule has 9 heteroatoms. The highest BCUT2D eigenvalue weighted by atomic mass is 19.4. The van der Waals surface area contributed by atoms with Crippen LogP contribution in [0.2, 0.25) is 0 Å². The fraction of sp³-hybridized carbons (Fsp3) is 0.800. The van der Waals surface area contributed by atoms with Crippen molar-refractivity contribution >= 4 is 17.8 Å². The van der Waals surface area contributed by atoms with E-state index in [9.17, 15) is 27.6 Å². The van der Waals surface area contributed by atoms with Crippen LogP contribution in [-0.2, 0) is 14.4 Å². The Balaban J connectivity index is 2.19. The van der Waals surface area contributed by atoms with E-state index in [-0.39, 0.29) is 12.5 Å². The largest absolute Gasteiger partial charge is 0.481 e. The Hall–Kier alpha value is -1.80. The molecule has 1 heterocycles. The minimum Gasteiger partial charge on any atom is -0.481 e. The van der Waals surface area contributed by atoms with Gasteiger partial charge in [-0.2, -0.15) is 13.2 Å². The summed E-state index contributed by atoms with van der Waals surface area (Å²) in [5, 5.41) is 11.6. The maximum absolute atomic E-state index is 13.2. The summed E-state index contributed by atoms with van der Waals surface area (Å²) in [5.74, 6) is -3.14. The van der Waals surface area contributed by atoms with Gasteiger partial charge in [0, 0.05) is 20.0 Å². The molecule has 2 atom stereocenters. The standard InChI is InChI=1S/C15H21F3N2O4/c1-9(21)19-11(10-4-2-3-5-10)12(22)20-7-6-14(8-20,13(23)24)15(16,17)18/h10-11H,2-8H2,1H3,(H,19,21)(H,23,24). The molecule has 0 aromatic heterocycles. The van der Waals surface area contributed by atoms with E-state index in [1.165, 1.54) is 6.92 Å². The van der Waals surface area contributed by atoms with Gasteiger partial charge in [0.2, 0.25) is 11.8 Å². The van der Waals surface area contributed by atoms with E-state index in [0.717, 1.165) is 17.7 Å². The van der Waals surface area contributed by atoms with Gasteiger partial charge in [-0.25, -0.2) is 0 Å². The van der Waals surface area contributed by atoms with Gasteiger partial charge in [-0.15, -0.1) is 0 Å². The lowest BCUT2D eigenvalue weighted by Crippen LogP contribution is -2.53. The van der Waals surface area contributed by atoms with Crippen LogP contribution in [0.5, 0.6) is 0 Å². The molecule has 136 valence electrons. The van der Waals surface area contributed by atoms with E-state index in [1.807, 2.05) is 0 Å². The molecule has 6 nitrogen and oxygen atoms in total. The first-order chi connectivity index (χ1) is 11.1. The summed E-state index contributed by atoms with van der Waals surface area (Å²) >= 11 is 0. The van der Waals surface area contributed by atoms with Gasteiger partial charge in [0.05, 0.1) is 0 Å². The zero-order valence-electron chi connectivity index (χ0n) is 13.4. The molecular formula is C15H21F3N2O4. The molecule has 1 saturated carbocycles. The van der Waals surface area contributed by atoms with Gasteiger partial charge in [-0.05, 0) is 25.2 Å². The average molecular weight is 350 g/mol. The maximum Gasteiger partial charge on any atom is 0.406 e. The number of alkyl halides is 3. The summed E-state index contributed by atoms with van der Waals surface area (Å²) in [5.41, 5.74) is -2.93. The second kappa shape index (κ2) is 6.60. The lowest BCUT2D eigenvalue weighted by atomic mass is 9.86. The second-order valence-corrected chi connectivity index (χ2v) is 6.62. The van der Waals surface area contributed by atoms with Crippen LogP contribution in [0.1, 0.15) is 39.0 Å². The molecule has 0 aromatic rings. The van der Waals surface area contributed by atoms with Gasteiger partial charge < -0.3 is 15.3 Å². The first kappa shape index (κ1) is 18.5. The number of likely N-dealkylation sites (tertiary alicyclic amines) is 1. The van der Waals surface area contributed by atoms with E-state index < -0.39 is 48.4 Å². The summed E-state index contributed by atoms with van der Waals surface area (Å²) in [6, 6.07) is -0.886. The predicted molar refractivity (Wildman–Crippen MR) is 76.9 cm³/mol. The van der Waals surface area contributed by atoms with Crippen molar-refractivity contribution in [3.8, 4) is 0 Å². The quantitative estimate of drug-likeness (QED) is 0.805. The van der Waals surface area contributed by atoms with E-state index in [2.05, 4.69) is 5.32 Å². The van der Waals surface area contributed by atoms with Crippen LogP contribution in [0.4, 0.5) is 13.2 Å². The SMILES string of the molecule is CC(=O)NC(C(=O)N1CCC(C(=O)O)(C(F)(F)F)C1)C1CCCC1. The van der Waals surface area contributed by atoms with Gasteiger partial charge in [-0.3, -0.25) is 14.4 Å². The third-order valence-corrected chi connectivity index (χ3v) is 5.03. The van der Waals surface area contributed by atoms with Crippen molar-refractivity contribution in [3.63, 3.8) is 0 Å². The minimum atomic E-state index is -4.94. The predicted octanol–water partition coefficient (Wildman–Crippen LogP) is 1.55. The number of hydrogen-bond acceptors (Lipinski definition) is 3. The molecule has 2 N–H and O–H groups in total. The van der Waals surface area contributed by atoms with Crippen molar-refractivity contribution in [1.82, 2.24) is 10.2 Å². The van der Waals surface area contributed by atoms with Gasteiger partial charge in [0.25, 0.3) is 0 Å². The first-order valence-corrected chi connectivity index (χ1v) is 7.94. The van der Waals surface area contributed by atoms with Crippen molar-refractivity contribution in [1.29, 1.82) is 0 Å². The van der Waals surface area contributed by atoms with Crippen LogP contribution < -0.4 is 5.32 Å². The van der Waals surface area contributed by atoms with E-state index in [1.54, 1.807) is 0 Å². The van der Waals surface area contributed by atoms with Crippen molar-refractivity contribution in [2.45, 2.75) is 51.2 Å². The molecule has 2 amide bonds. The number of hydrogen-bond donors (Lipinski definition) is 2. The molecule has 2 unspecified atom stereocenters. The molecule has 1 aliphatic carbocycles. The zero-order chi connectivity index (χ0) is 18.1. The van der Waals surface area contributed by atoms with Crippen molar-refractivity contribution in [2.75, 3.05) is 13.1 Å². The number of nitrogens with zero attached hydrogens (tertiary/aromatic N) is 1. The molecule has 24 heavy (non-hydrogen) atoms. The van der Waals surface area contributed by atoms with Crippen molar-refractivity contribution in [3.05, 3.63) is 0 Å². The summed E-state index contributed by atoms with van der Waals surface area (Å²) in [4.78, 5) is 36.2. The molecule has 1 aliphatic heterocycles. The highest BCUT2D eigenvalue weighted by Gasteiger charge is 2.64. The van der Waals surface area contributed by atoms with Gasteiger partial charge in [0.1, 0.15) is 6.04 Å². The Morgan fingerprint density at radius 1 is 1.25 bits per heavy atom. The normalized spacial score (nSPS) is 26.4. The Labute approximate surface area is 137 Å². The summed E-state index contributed by atoms with van der Waals surface area (Å²) in [6.07, 6.45) is -2.38. The monoisotopic (exact) mass is 350 g/mol. The number of rotatable bonds is 4. The first-order valence-electron chi connectivity index (χ1n) is 7.94. The van der Waals surface area contributed by atoms with Gasteiger partial charge in [0.15, 0.2) is 5.41 Å². The lowest BCUT2D eigenvalue weighted by molar-refractivity contribution is -0.227. The van der Waals surface area contributed by atoms with Crippen molar-refractivity contribution < 1.29 is 32.7 Å². The highest BCUT2D eigenvalue weighted by Crippen LogP contribution is 2.46. The maximum atomic E-state index is 13.2. The molecule has 1 saturated heterocycles. The number of halogens is 3. The van der Waals surface area contributed by atoms with Gasteiger partial charge in [-0.1, -0.05) is 12.8 Å². The Bertz CT molecular complexity index is 531. The highest BCUT2D eigenvalue weighted by molar-refractivity contribution is 5.88.